The Hall–Kier alpha value is -2.37. The van der Waals surface area contributed by atoms with Crippen molar-refractivity contribution in [3.05, 3.63) is 74.3 Å². The molecule has 0 aliphatic rings. The van der Waals surface area contributed by atoms with Gasteiger partial charge in [0.05, 0.1) is 17.3 Å². The van der Waals surface area contributed by atoms with E-state index < -0.39 is 5.97 Å². The molecule has 0 unspecified atom stereocenters. The fraction of sp³-hybridized carbons (Fsp3) is 0.211. The number of halogens is 2. The molecule has 3 aromatic rings. The summed E-state index contributed by atoms with van der Waals surface area (Å²) in [7, 11) is 1.65. The lowest BCUT2D eigenvalue weighted by Crippen LogP contribution is -2.23. The molecule has 0 saturated carbocycles. The summed E-state index contributed by atoms with van der Waals surface area (Å²) in [5.41, 5.74) is 1.17. The standard InChI is InChI=1S/C19H16Cl2N2O3/c1-23-17(22-16-5-3-2-4-14(16)19(23)25)8-9-18(24)26-11-12-6-7-13(20)10-15(12)21/h2-7,10H,8-9,11H2,1H3. The third-order valence-corrected chi connectivity index (χ3v) is 4.62. The van der Waals surface area contributed by atoms with Gasteiger partial charge in [-0.1, -0.05) is 41.4 Å². The van der Waals surface area contributed by atoms with Crippen molar-refractivity contribution in [2.75, 3.05) is 0 Å². The molecule has 0 N–H and O–H groups in total. The summed E-state index contributed by atoms with van der Waals surface area (Å²) < 4.78 is 6.71. The maximum absolute atomic E-state index is 12.4. The molecular weight excluding hydrogens is 375 g/mol. The molecule has 26 heavy (non-hydrogen) atoms. The number of fused-ring (bicyclic) bond motifs is 1. The number of esters is 1. The van der Waals surface area contributed by atoms with Crippen molar-refractivity contribution in [2.45, 2.75) is 19.4 Å². The first kappa shape index (κ1) is 18.4. The quantitative estimate of drug-likeness (QED) is 0.619. The van der Waals surface area contributed by atoms with Crippen molar-refractivity contribution in [1.29, 1.82) is 0 Å². The fourth-order valence-electron chi connectivity index (χ4n) is 2.57. The van der Waals surface area contributed by atoms with Crippen molar-refractivity contribution >= 4 is 40.1 Å². The third-order valence-electron chi connectivity index (χ3n) is 4.03. The van der Waals surface area contributed by atoms with Crippen LogP contribution in [0.15, 0.2) is 47.3 Å². The van der Waals surface area contributed by atoms with E-state index in [1.54, 1.807) is 43.4 Å². The molecule has 1 aromatic heterocycles. The molecule has 134 valence electrons. The van der Waals surface area contributed by atoms with Gasteiger partial charge in [0.25, 0.3) is 5.56 Å². The summed E-state index contributed by atoms with van der Waals surface area (Å²) >= 11 is 11.9. The lowest BCUT2D eigenvalue weighted by atomic mass is 10.2. The van der Waals surface area contributed by atoms with Gasteiger partial charge in [-0.25, -0.2) is 4.98 Å². The molecule has 1 heterocycles. The molecule has 0 spiro atoms. The Labute approximate surface area is 160 Å². The van der Waals surface area contributed by atoms with Crippen LogP contribution in [0.5, 0.6) is 0 Å². The van der Waals surface area contributed by atoms with Crippen LogP contribution in [-0.4, -0.2) is 15.5 Å². The van der Waals surface area contributed by atoms with Gasteiger partial charge in [0.2, 0.25) is 0 Å². The highest BCUT2D eigenvalue weighted by atomic mass is 35.5. The van der Waals surface area contributed by atoms with Crippen LogP contribution in [0.25, 0.3) is 10.9 Å². The second-order valence-electron chi connectivity index (χ2n) is 5.81. The maximum Gasteiger partial charge on any atom is 0.306 e. The van der Waals surface area contributed by atoms with Crippen molar-refractivity contribution in [2.24, 2.45) is 7.05 Å². The predicted molar refractivity (Wildman–Crippen MR) is 102 cm³/mol. The van der Waals surface area contributed by atoms with Crippen molar-refractivity contribution < 1.29 is 9.53 Å². The highest BCUT2D eigenvalue weighted by Crippen LogP contribution is 2.21. The highest BCUT2D eigenvalue weighted by molar-refractivity contribution is 6.35. The first-order valence-corrected chi connectivity index (χ1v) is 8.75. The van der Waals surface area contributed by atoms with E-state index in [1.807, 2.05) is 6.07 Å². The van der Waals surface area contributed by atoms with E-state index in [-0.39, 0.29) is 18.6 Å². The molecule has 0 bridgehead atoms. The van der Waals surface area contributed by atoms with E-state index >= 15 is 0 Å². The smallest absolute Gasteiger partial charge is 0.306 e. The number of carbonyl (C=O) groups excluding carboxylic acids is 1. The second kappa shape index (κ2) is 7.89. The lowest BCUT2D eigenvalue weighted by Gasteiger charge is -2.10. The van der Waals surface area contributed by atoms with E-state index in [0.29, 0.717) is 38.8 Å². The van der Waals surface area contributed by atoms with Crippen LogP contribution in [0.2, 0.25) is 10.0 Å². The summed E-state index contributed by atoms with van der Waals surface area (Å²) in [5, 5.41) is 1.52. The molecule has 0 radical (unpaired) electrons. The first-order chi connectivity index (χ1) is 12.5. The van der Waals surface area contributed by atoms with Crippen LogP contribution in [0.3, 0.4) is 0 Å². The fourth-order valence-corrected chi connectivity index (χ4v) is 3.03. The molecule has 0 amide bonds. The van der Waals surface area contributed by atoms with Crippen LogP contribution in [-0.2, 0) is 29.6 Å². The Morgan fingerprint density at radius 2 is 1.96 bits per heavy atom. The number of hydrogen-bond acceptors (Lipinski definition) is 4. The summed E-state index contributed by atoms with van der Waals surface area (Å²) in [6, 6.07) is 12.1. The minimum Gasteiger partial charge on any atom is -0.461 e. The van der Waals surface area contributed by atoms with Gasteiger partial charge in [0.15, 0.2) is 0 Å². The van der Waals surface area contributed by atoms with Crippen LogP contribution in [0.4, 0.5) is 0 Å². The zero-order chi connectivity index (χ0) is 18.7. The number of carbonyl (C=O) groups is 1. The first-order valence-electron chi connectivity index (χ1n) is 8.00. The molecule has 7 heteroatoms. The molecule has 0 saturated heterocycles. The summed E-state index contributed by atoms with van der Waals surface area (Å²) in [6.45, 7) is 0.0684. The number of aromatic nitrogens is 2. The molecule has 0 fully saturated rings. The van der Waals surface area contributed by atoms with Gasteiger partial charge in [-0.15, -0.1) is 0 Å². The zero-order valence-electron chi connectivity index (χ0n) is 14.0. The molecule has 5 nitrogen and oxygen atoms in total. The topological polar surface area (TPSA) is 61.2 Å². The van der Waals surface area contributed by atoms with Crippen molar-refractivity contribution in [1.82, 2.24) is 9.55 Å². The van der Waals surface area contributed by atoms with E-state index in [4.69, 9.17) is 27.9 Å². The number of aryl methyl sites for hydroxylation is 1. The van der Waals surface area contributed by atoms with Crippen LogP contribution < -0.4 is 5.56 Å². The van der Waals surface area contributed by atoms with Gasteiger partial charge in [0.1, 0.15) is 12.4 Å². The molecule has 0 aliphatic heterocycles. The number of nitrogens with zero attached hydrogens (tertiary/aromatic N) is 2. The average molecular weight is 391 g/mol. The number of para-hydroxylation sites is 1. The highest BCUT2D eigenvalue weighted by Gasteiger charge is 2.11. The number of rotatable bonds is 5. The largest absolute Gasteiger partial charge is 0.461 e. The monoisotopic (exact) mass is 390 g/mol. The van der Waals surface area contributed by atoms with E-state index in [0.717, 1.165) is 0 Å². The minimum absolute atomic E-state index is 0.0684. The molecular formula is C19H16Cl2N2O3. The van der Waals surface area contributed by atoms with Gasteiger partial charge in [-0.05, 0) is 24.3 Å². The zero-order valence-corrected chi connectivity index (χ0v) is 15.5. The van der Waals surface area contributed by atoms with Gasteiger partial charge in [0, 0.05) is 29.1 Å². The van der Waals surface area contributed by atoms with Crippen LogP contribution >= 0.6 is 23.2 Å². The second-order valence-corrected chi connectivity index (χ2v) is 6.65. The summed E-state index contributed by atoms with van der Waals surface area (Å²) in [4.78, 5) is 28.8. The third kappa shape index (κ3) is 4.06. The maximum atomic E-state index is 12.4. The Balaban J connectivity index is 1.65. The van der Waals surface area contributed by atoms with E-state index in [2.05, 4.69) is 4.98 Å². The Bertz CT molecular complexity index is 1030. The Kier molecular flexibility index (Phi) is 5.59. The summed E-state index contributed by atoms with van der Waals surface area (Å²) in [5.74, 6) is 0.147. The van der Waals surface area contributed by atoms with Crippen LogP contribution in [0, 0.1) is 0 Å². The van der Waals surface area contributed by atoms with Gasteiger partial charge in [-0.2, -0.15) is 0 Å². The van der Waals surface area contributed by atoms with Crippen molar-refractivity contribution in [3.63, 3.8) is 0 Å². The van der Waals surface area contributed by atoms with Gasteiger partial charge >= 0.3 is 5.97 Å². The molecule has 2 aromatic carbocycles. The molecule has 0 aliphatic carbocycles. The van der Waals surface area contributed by atoms with E-state index in [1.165, 1.54) is 4.57 Å². The number of benzene rings is 2. The lowest BCUT2D eigenvalue weighted by molar-refractivity contribution is -0.144. The van der Waals surface area contributed by atoms with E-state index in [9.17, 15) is 9.59 Å². The number of hydrogen-bond donors (Lipinski definition) is 0. The average Bonchev–Trinajstić information content (AvgIpc) is 2.63. The van der Waals surface area contributed by atoms with Gasteiger partial charge in [-0.3, -0.25) is 14.2 Å². The predicted octanol–water partition coefficient (Wildman–Crippen LogP) is 3.92. The SMILES string of the molecule is Cn1c(CCC(=O)OCc2ccc(Cl)cc2Cl)nc2ccccc2c1=O. The number of ether oxygens (including phenoxy) is 1. The molecule has 0 atom stereocenters. The Morgan fingerprint density at radius 3 is 2.73 bits per heavy atom. The normalized spacial score (nSPS) is 10.9. The van der Waals surface area contributed by atoms with Crippen LogP contribution in [0.1, 0.15) is 17.8 Å². The Morgan fingerprint density at radius 1 is 1.19 bits per heavy atom. The molecule has 3 rings (SSSR count). The summed E-state index contributed by atoms with van der Waals surface area (Å²) in [6.07, 6.45) is 0.424. The minimum atomic E-state index is -0.390. The van der Waals surface area contributed by atoms with Crippen molar-refractivity contribution in [3.8, 4) is 0 Å². The van der Waals surface area contributed by atoms with Gasteiger partial charge < -0.3 is 4.74 Å².